The molecule has 9 nitrogen and oxygen atoms in total. The minimum absolute atomic E-state index is 0.0141. The van der Waals surface area contributed by atoms with Gasteiger partial charge in [-0.05, 0) is 55.6 Å². The van der Waals surface area contributed by atoms with Gasteiger partial charge in [0.2, 0.25) is 0 Å². The number of aryl methyl sites for hydroxylation is 1. The fraction of sp³-hybridized carbons (Fsp3) is 0.409. The summed E-state index contributed by atoms with van der Waals surface area (Å²) in [6.45, 7) is 0.999. The number of hydroxylamine groups is 1. The van der Waals surface area contributed by atoms with Crippen LogP contribution < -0.4 is 11.0 Å². The van der Waals surface area contributed by atoms with Gasteiger partial charge in [-0.25, -0.2) is 23.3 Å². The predicted octanol–water partition coefficient (Wildman–Crippen LogP) is 0.218. The zero-order valence-corrected chi connectivity index (χ0v) is 18.7. The van der Waals surface area contributed by atoms with E-state index in [4.69, 9.17) is 10.3 Å². The van der Waals surface area contributed by atoms with Crippen molar-refractivity contribution in [2.24, 2.45) is 11.8 Å². The van der Waals surface area contributed by atoms with Crippen LogP contribution in [0.5, 0.6) is 0 Å². The van der Waals surface area contributed by atoms with Gasteiger partial charge in [0.1, 0.15) is 5.82 Å². The summed E-state index contributed by atoms with van der Waals surface area (Å²) in [7, 11) is -3.94. The van der Waals surface area contributed by atoms with Gasteiger partial charge in [0.15, 0.2) is 14.6 Å². The van der Waals surface area contributed by atoms with E-state index in [0.29, 0.717) is 0 Å². The Balaban J connectivity index is 1.86. The molecule has 1 heterocycles. The Hall–Kier alpha value is -3.25. The highest BCUT2D eigenvalue weighted by Crippen LogP contribution is 2.36. The molecule has 2 aromatic rings. The second-order valence-electron chi connectivity index (χ2n) is 8.09. The molecule has 0 spiro atoms. The first-order valence-corrected chi connectivity index (χ1v) is 11.9. The van der Waals surface area contributed by atoms with Crippen LogP contribution in [0.15, 0.2) is 23.3 Å². The number of halogens is 1. The molecule has 1 saturated carbocycles. The second kappa shape index (κ2) is 9.32. The largest absolute Gasteiger partial charge is 0.396 e. The Labute approximate surface area is 189 Å². The third-order valence-electron chi connectivity index (χ3n) is 5.82. The number of aromatic nitrogens is 2. The van der Waals surface area contributed by atoms with Gasteiger partial charge in [-0.3, -0.25) is 19.4 Å². The fourth-order valence-electron chi connectivity index (χ4n) is 3.21. The minimum Gasteiger partial charge on any atom is -0.396 e. The normalized spacial score (nSPS) is 18.9. The molecule has 11 heteroatoms. The number of aliphatic hydroxyl groups is 1. The number of nitrogens with zero attached hydrogens (tertiary/aromatic N) is 2. The zero-order chi connectivity index (χ0) is 24.4. The van der Waals surface area contributed by atoms with Gasteiger partial charge < -0.3 is 5.11 Å². The Morgan fingerprint density at radius 3 is 2.73 bits per heavy atom. The van der Waals surface area contributed by atoms with Crippen molar-refractivity contribution in [2.75, 3.05) is 12.9 Å². The van der Waals surface area contributed by atoms with E-state index in [0.717, 1.165) is 30.2 Å². The van der Waals surface area contributed by atoms with Gasteiger partial charge in [0, 0.05) is 25.3 Å². The average Bonchev–Trinajstić information content (AvgIpc) is 3.54. The van der Waals surface area contributed by atoms with Crippen molar-refractivity contribution in [3.05, 3.63) is 40.2 Å². The first-order valence-electron chi connectivity index (χ1n) is 9.97. The van der Waals surface area contributed by atoms with E-state index in [9.17, 15) is 22.4 Å². The number of hydrogen-bond acceptors (Lipinski definition) is 7. The molecule has 3 N–H and O–H groups in total. The van der Waals surface area contributed by atoms with E-state index in [1.165, 1.54) is 17.9 Å². The molecule has 1 aliphatic rings. The van der Waals surface area contributed by atoms with Crippen LogP contribution in [0.3, 0.4) is 0 Å². The summed E-state index contributed by atoms with van der Waals surface area (Å²) in [5, 5.41) is 17.9. The van der Waals surface area contributed by atoms with Crippen LogP contribution in [-0.2, 0) is 21.2 Å². The number of carbonyl (C=O) groups is 1. The van der Waals surface area contributed by atoms with Crippen molar-refractivity contribution < 1.29 is 27.9 Å². The van der Waals surface area contributed by atoms with Crippen molar-refractivity contribution in [2.45, 2.75) is 31.1 Å². The fourth-order valence-corrected chi connectivity index (χ4v) is 4.05. The number of amides is 1. The molecule has 1 aromatic heterocycles. The van der Waals surface area contributed by atoms with E-state index in [-0.39, 0.29) is 47.9 Å². The molecule has 3 atom stereocenters. The molecule has 174 valence electrons. The zero-order valence-electron chi connectivity index (χ0n) is 17.9. The van der Waals surface area contributed by atoms with Crippen molar-refractivity contribution in [1.82, 2.24) is 15.0 Å². The molecule has 33 heavy (non-hydrogen) atoms. The summed E-state index contributed by atoms with van der Waals surface area (Å²) in [6, 6.07) is 2.32. The van der Waals surface area contributed by atoms with Crippen LogP contribution >= 0.6 is 0 Å². The molecular weight excluding hydrogens is 453 g/mol. The topological polar surface area (TPSA) is 139 Å². The summed E-state index contributed by atoms with van der Waals surface area (Å²) in [4.78, 5) is 28.8. The molecule has 1 aromatic carbocycles. The quantitative estimate of drug-likeness (QED) is 0.309. The van der Waals surface area contributed by atoms with Crippen LogP contribution in [0, 0.1) is 41.3 Å². The van der Waals surface area contributed by atoms with Crippen LogP contribution in [-0.4, -0.2) is 51.8 Å². The van der Waals surface area contributed by atoms with Gasteiger partial charge in [0.05, 0.1) is 22.8 Å². The summed E-state index contributed by atoms with van der Waals surface area (Å²) < 4.78 is 37.7. The van der Waals surface area contributed by atoms with E-state index >= 15 is 0 Å². The summed E-state index contributed by atoms with van der Waals surface area (Å²) in [5.74, 6) is 9.09. The lowest BCUT2D eigenvalue weighted by Crippen LogP contribution is -2.50. The SMILES string of the molecule is CC(CCn1cnc2cc(C#CC#C[C@H]3C[C@@H]3CO)c(F)cc2c1=O)(C(=O)NO)S(C)(=O)=O. The summed E-state index contributed by atoms with van der Waals surface area (Å²) >= 11 is 0. The van der Waals surface area contributed by atoms with Gasteiger partial charge in [0.25, 0.3) is 11.5 Å². The van der Waals surface area contributed by atoms with E-state index in [1.807, 2.05) is 0 Å². The Morgan fingerprint density at radius 1 is 1.39 bits per heavy atom. The minimum atomic E-state index is -3.94. The Kier molecular flexibility index (Phi) is 6.89. The molecule has 0 aliphatic heterocycles. The molecule has 1 amide bonds. The second-order valence-corrected chi connectivity index (χ2v) is 10.5. The molecule has 0 radical (unpaired) electrons. The number of carbonyl (C=O) groups excluding carboxylic acids is 1. The monoisotopic (exact) mass is 475 g/mol. The molecule has 1 unspecified atom stereocenters. The summed E-state index contributed by atoms with van der Waals surface area (Å²) in [6.07, 6.45) is 2.51. The van der Waals surface area contributed by atoms with Crippen LogP contribution in [0.25, 0.3) is 10.9 Å². The van der Waals surface area contributed by atoms with Crippen LogP contribution in [0.2, 0.25) is 0 Å². The molecule has 1 fully saturated rings. The molecule has 1 aliphatic carbocycles. The maximum atomic E-state index is 14.5. The molecule has 0 bridgehead atoms. The molecular formula is C22H22FN3O6S. The third-order valence-corrected chi connectivity index (χ3v) is 7.84. The maximum absolute atomic E-state index is 14.5. The highest BCUT2D eigenvalue weighted by atomic mass is 32.2. The standard InChI is InChI=1S/C22H22FN3O6S/c1-22(21(29)25-30,33(2,31)32)7-8-26-13-24-19-10-15(18(23)11-17(19)20(26)28)6-4-3-5-14-9-16(14)12-27/h10-11,13-14,16,27,30H,7-9,12H2,1-2H3,(H,25,29)/t14-,16+,22?/m0/s1. The molecule has 3 rings (SSSR count). The van der Waals surface area contributed by atoms with Crippen LogP contribution in [0.4, 0.5) is 4.39 Å². The van der Waals surface area contributed by atoms with Gasteiger partial charge in [-0.15, -0.1) is 0 Å². The molecule has 0 saturated heterocycles. The number of benzene rings is 1. The van der Waals surface area contributed by atoms with Crippen molar-refractivity contribution in [3.8, 4) is 23.7 Å². The lowest BCUT2D eigenvalue weighted by Gasteiger charge is -2.25. The van der Waals surface area contributed by atoms with Crippen molar-refractivity contribution in [1.29, 1.82) is 0 Å². The number of rotatable bonds is 6. The lowest BCUT2D eigenvalue weighted by molar-refractivity contribution is -0.131. The Morgan fingerprint density at radius 2 is 2.12 bits per heavy atom. The number of nitrogens with one attached hydrogen (secondary N) is 1. The van der Waals surface area contributed by atoms with Gasteiger partial charge in [-0.2, -0.15) is 0 Å². The van der Waals surface area contributed by atoms with Gasteiger partial charge >= 0.3 is 0 Å². The number of hydrogen-bond donors (Lipinski definition) is 3. The number of aliphatic hydroxyl groups excluding tert-OH is 1. The average molecular weight is 475 g/mol. The van der Waals surface area contributed by atoms with Crippen LogP contribution in [0.1, 0.15) is 25.3 Å². The first kappa shape index (κ1) is 24.4. The smallest absolute Gasteiger partial charge is 0.264 e. The van der Waals surface area contributed by atoms with Crippen molar-refractivity contribution in [3.63, 3.8) is 0 Å². The first-order chi connectivity index (χ1) is 15.5. The lowest BCUT2D eigenvalue weighted by atomic mass is 10.1. The third kappa shape index (κ3) is 5.06. The Bertz CT molecular complexity index is 1400. The highest BCUT2D eigenvalue weighted by molar-refractivity contribution is 7.92. The van der Waals surface area contributed by atoms with E-state index in [1.54, 1.807) is 0 Å². The number of sulfone groups is 1. The maximum Gasteiger partial charge on any atom is 0.264 e. The number of fused-ring (bicyclic) bond motifs is 1. The van der Waals surface area contributed by atoms with Gasteiger partial charge in [-0.1, -0.05) is 5.92 Å². The van der Waals surface area contributed by atoms with Crippen molar-refractivity contribution >= 4 is 26.6 Å². The predicted molar refractivity (Wildman–Crippen MR) is 117 cm³/mol. The van der Waals surface area contributed by atoms with E-state index < -0.39 is 31.9 Å². The van der Waals surface area contributed by atoms with E-state index in [2.05, 4.69) is 28.7 Å². The highest BCUT2D eigenvalue weighted by Gasteiger charge is 2.43. The summed E-state index contributed by atoms with van der Waals surface area (Å²) in [5.41, 5.74) is 0.920.